The fourth-order valence-corrected chi connectivity index (χ4v) is 2.18. The number of carboxylic acid groups (broad SMARTS) is 1. The van der Waals surface area contributed by atoms with E-state index in [0.29, 0.717) is 18.1 Å². The van der Waals surface area contributed by atoms with Crippen LogP contribution in [0, 0.1) is 0 Å². The molecule has 2 aromatic carbocycles. The smallest absolute Gasteiger partial charge is 0.335 e. The van der Waals surface area contributed by atoms with Gasteiger partial charge in [0.05, 0.1) is 18.9 Å². The monoisotopic (exact) mass is 352 g/mol. The van der Waals surface area contributed by atoms with E-state index in [9.17, 15) is 4.79 Å². The molecule has 0 saturated heterocycles. The van der Waals surface area contributed by atoms with Gasteiger partial charge in [0, 0.05) is 0 Å². The number of methoxy groups -OCH3 is 1. The summed E-state index contributed by atoms with van der Waals surface area (Å²) in [5, 5.41) is 20.4. The highest BCUT2D eigenvalue weighted by Crippen LogP contribution is 2.28. The summed E-state index contributed by atoms with van der Waals surface area (Å²) in [7, 11) is 1.56. The van der Waals surface area contributed by atoms with E-state index in [1.807, 2.05) is 6.07 Å². The van der Waals surface area contributed by atoms with Gasteiger partial charge in [0.2, 0.25) is 0 Å². The van der Waals surface area contributed by atoms with Crippen molar-refractivity contribution in [2.24, 2.45) is 5.10 Å². The van der Waals surface area contributed by atoms with Crippen LogP contribution in [0.25, 0.3) is 0 Å². The molecule has 0 bridgehead atoms. The summed E-state index contributed by atoms with van der Waals surface area (Å²) in [6.07, 6.45) is 4.63. The van der Waals surface area contributed by atoms with Crippen molar-refractivity contribution in [1.82, 2.24) is 14.9 Å². The number of nitrogens with zero attached hydrogens (tertiary/aromatic N) is 4. The van der Waals surface area contributed by atoms with E-state index in [2.05, 4.69) is 15.3 Å². The molecular weight excluding hydrogens is 336 g/mol. The molecule has 0 spiro atoms. The third kappa shape index (κ3) is 4.23. The maximum atomic E-state index is 10.9. The van der Waals surface area contributed by atoms with Crippen LogP contribution < -0.4 is 9.47 Å². The van der Waals surface area contributed by atoms with Crippen LogP contribution in [-0.4, -0.2) is 39.3 Å². The van der Waals surface area contributed by atoms with E-state index >= 15 is 0 Å². The SMILES string of the molecule is COc1cc(/C=N/n2cnnc2)ccc1OCc1ccc(C(=O)O)cc1. The van der Waals surface area contributed by atoms with E-state index in [1.165, 1.54) is 17.3 Å². The first kappa shape index (κ1) is 17.2. The highest BCUT2D eigenvalue weighted by atomic mass is 16.5. The van der Waals surface area contributed by atoms with Crippen LogP contribution in [-0.2, 0) is 6.61 Å². The highest BCUT2D eigenvalue weighted by molar-refractivity contribution is 5.87. The zero-order valence-corrected chi connectivity index (χ0v) is 13.9. The Morgan fingerprint density at radius 2 is 1.88 bits per heavy atom. The van der Waals surface area contributed by atoms with Crippen molar-refractivity contribution in [3.8, 4) is 11.5 Å². The zero-order valence-electron chi connectivity index (χ0n) is 13.9. The van der Waals surface area contributed by atoms with Crippen molar-refractivity contribution < 1.29 is 19.4 Å². The summed E-state index contributed by atoms with van der Waals surface area (Å²) in [4.78, 5) is 10.9. The molecule has 0 aliphatic carbocycles. The predicted molar refractivity (Wildman–Crippen MR) is 93.7 cm³/mol. The van der Waals surface area contributed by atoms with Crippen LogP contribution in [0.3, 0.4) is 0 Å². The molecule has 0 aliphatic rings. The molecule has 8 heteroatoms. The second-order valence-electron chi connectivity index (χ2n) is 5.29. The molecule has 0 amide bonds. The lowest BCUT2D eigenvalue weighted by Gasteiger charge is -2.11. The van der Waals surface area contributed by atoms with Gasteiger partial charge in [-0.3, -0.25) is 0 Å². The van der Waals surface area contributed by atoms with Gasteiger partial charge in [0.1, 0.15) is 19.3 Å². The molecule has 8 nitrogen and oxygen atoms in total. The summed E-state index contributed by atoms with van der Waals surface area (Å²) >= 11 is 0. The summed E-state index contributed by atoms with van der Waals surface area (Å²) < 4.78 is 12.6. The lowest BCUT2D eigenvalue weighted by atomic mass is 10.1. The first-order valence-electron chi connectivity index (χ1n) is 7.68. The number of hydrogen-bond acceptors (Lipinski definition) is 6. The number of carbonyl (C=O) groups is 1. The fraction of sp³-hybridized carbons (Fsp3) is 0.111. The number of benzene rings is 2. The van der Waals surface area contributed by atoms with Crippen LogP contribution in [0.2, 0.25) is 0 Å². The Bertz CT molecular complexity index is 905. The lowest BCUT2D eigenvalue weighted by molar-refractivity contribution is 0.0697. The molecule has 1 heterocycles. The van der Waals surface area contributed by atoms with Gasteiger partial charge in [-0.2, -0.15) is 5.10 Å². The molecule has 0 saturated carbocycles. The average molecular weight is 352 g/mol. The first-order valence-corrected chi connectivity index (χ1v) is 7.68. The van der Waals surface area contributed by atoms with Gasteiger partial charge in [-0.15, -0.1) is 10.2 Å². The van der Waals surface area contributed by atoms with Gasteiger partial charge in [-0.25, -0.2) is 9.47 Å². The van der Waals surface area contributed by atoms with Crippen molar-refractivity contribution >= 4 is 12.2 Å². The Labute approximate surface area is 149 Å². The standard InChI is InChI=1S/C18H16N4O4/c1-25-17-8-14(9-21-22-11-19-20-12-22)4-7-16(17)26-10-13-2-5-15(6-3-13)18(23)24/h2-9,11-12H,10H2,1H3,(H,23,24)/b21-9+. The van der Waals surface area contributed by atoms with Gasteiger partial charge in [-0.1, -0.05) is 12.1 Å². The molecule has 1 N–H and O–H groups in total. The number of carboxylic acids is 1. The van der Waals surface area contributed by atoms with Crippen molar-refractivity contribution in [2.45, 2.75) is 6.61 Å². The molecular formula is C18H16N4O4. The number of rotatable bonds is 7. The summed E-state index contributed by atoms with van der Waals surface area (Å²) in [5.74, 6) is 0.194. The van der Waals surface area contributed by atoms with Crippen LogP contribution in [0.4, 0.5) is 0 Å². The molecule has 0 fully saturated rings. The van der Waals surface area contributed by atoms with Crippen LogP contribution >= 0.6 is 0 Å². The van der Waals surface area contributed by atoms with Gasteiger partial charge in [-0.05, 0) is 41.5 Å². The minimum Gasteiger partial charge on any atom is -0.493 e. The number of hydrogen-bond donors (Lipinski definition) is 1. The lowest BCUT2D eigenvalue weighted by Crippen LogP contribution is -2.00. The van der Waals surface area contributed by atoms with Crippen LogP contribution in [0.15, 0.2) is 60.2 Å². The first-order chi connectivity index (χ1) is 12.7. The highest BCUT2D eigenvalue weighted by Gasteiger charge is 2.07. The van der Waals surface area contributed by atoms with Crippen molar-refractivity contribution in [1.29, 1.82) is 0 Å². The molecule has 1 aromatic heterocycles. The fourth-order valence-electron chi connectivity index (χ4n) is 2.18. The Balaban J connectivity index is 1.68. The Kier molecular flexibility index (Phi) is 5.23. The van der Waals surface area contributed by atoms with E-state index in [4.69, 9.17) is 14.6 Å². The average Bonchev–Trinajstić information content (AvgIpc) is 3.19. The molecule has 0 radical (unpaired) electrons. The van der Waals surface area contributed by atoms with Crippen molar-refractivity contribution in [3.05, 3.63) is 71.8 Å². The Hall–Kier alpha value is -3.68. The molecule has 3 rings (SSSR count). The Morgan fingerprint density at radius 1 is 1.15 bits per heavy atom. The van der Waals surface area contributed by atoms with E-state index < -0.39 is 5.97 Å². The van der Waals surface area contributed by atoms with Gasteiger partial charge in [0.15, 0.2) is 11.5 Å². The molecule has 3 aromatic rings. The summed E-state index contributed by atoms with van der Waals surface area (Å²) in [6.45, 7) is 0.296. The zero-order chi connectivity index (χ0) is 18.4. The second kappa shape index (κ2) is 7.93. The van der Waals surface area contributed by atoms with Crippen molar-refractivity contribution in [2.75, 3.05) is 7.11 Å². The van der Waals surface area contributed by atoms with Crippen LogP contribution in [0.5, 0.6) is 11.5 Å². The van der Waals surface area contributed by atoms with E-state index in [1.54, 1.807) is 49.7 Å². The maximum Gasteiger partial charge on any atom is 0.335 e. The van der Waals surface area contributed by atoms with E-state index in [0.717, 1.165) is 11.1 Å². The maximum absolute atomic E-state index is 10.9. The van der Waals surface area contributed by atoms with Gasteiger partial charge >= 0.3 is 5.97 Å². The Morgan fingerprint density at radius 3 is 2.54 bits per heavy atom. The molecule has 26 heavy (non-hydrogen) atoms. The van der Waals surface area contributed by atoms with Crippen molar-refractivity contribution in [3.63, 3.8) is 0 Å². The predicted octanol–water partition coefficient (Wildman–Crippen LogP) is 2.45. The second-order valence-corrected chi connectivity index (χ2v) is 5.29. The molecule has 0 atom stereocenters. The molecule has 132 valence electrons. The summed E-state index contributed by atoms with van der Waals surface area (Å²) in [5.41, 5.74) is 1.92. The quantitative estimate of drug-likeness (QED) is 0.656. The van der Waals surface area contributed by atoms with E-state index in [-0.39, 0.29) is 5.56 Å². The third-order valence-electron chi connectivity index (χ3n) is 3.53. The number of aromatic nitrogens is 3. The normalized spacial score (nSPS) is 10.8. The third-order valence-corrected chi connectivity index (χ3v) is 3.53. The van der Waals surface area contributed by atoms with Crippen LogP contribution in [0.1, 0.15) is 21.5 Å². The minimum absolute atomic E-state index is 0.239. The molecule has 0 aliphatic heterocycles. The largest absolute Gasteiger partial charge is 0.493 e. The number of aromatic carboxylic acids is 1. The molecule has 0 unspecified atom stereocenters. The topological polar surface area (TPSA) is 98.8 Å². The number of ether oxygens (including phenoxy) is 2. The van der Waals surface area contributed by atoms with Gasteiger partial charge in [0.25, 0.3) is 0 Å². The van der Waals surface area contributed by atoms with Gasteiger partial charge < -0.3 is 14.6 Å². The summed E-state index contributed by atoms with van der Waals surface area (Å²) in [6, 6.07) is 12.0. The minimum atomic E-state index is -0.956.